The number of fused-ring (bicyclic) bond motifs is 3. The van der Waals surface area contributed by atoms with Crippen molar-refractivity contribution in [1.29, 1.82) is 0 Å². The number of rotatable bonds is 7. The smallest absolute Gasteiger partial charge is 0.407 e. The Labute approximate surface area is 192 Å². The Morgan fingerprint density at radius 1 is 0.970 bits per heavy atom. The van der Waals surface area contributed by atoms with Crippen LogP contribution in [0, 0.1) is 5.92 Å². The van der Waals surface area contributed by atoms with Gasteiger partial charge in [-0.2, -0.15) is 0 Å². The topological polar surface area (TPSA) is 125 Å². The summed E-state index contributed by atoms with van der Waals surface area (Å²) in [6.45, 7) is -0.184. The molecule has 2 aromatic rings. The van der Waals surface area contributed by atoms with Gasteiger partial charge in [-0.1, -0.05) is 61.4 Å². The lowest BCUT2D eigenvalue weighted by Crippen LogP contribution is -2.50. The lowest BCUT2D eigenvalue weighted by Gasteiger charge is -2.31. The van der Waals surface area contributed by atoms with E-state index in [0.29, 0.717) is 12.8 Å². The lowest BCUT2D eigenvalue weighted by atomic mass is 9.84. The number of nitrogens with one attached hydrogen (secondary N) is 2. The number of carbonyl (C=O) groups is 3. The largest absolute Gasteiger partial charge is 0.479 e. The van der Waals surface area contributed by atoms with E-state index < -0.39 is 30.1 Å². The number of aliphatic hydroxyl groups excluding tert-OH is 1. The van der Waals surface area contributed by atoms with Crippen molar-refractivity contribution in [3.8, 4) is 11.1 Å². The molecule has 2 aliphatic rings. The summed E-state index contributed by atoms with van der Waals surface area (Å²) in [5, 5.41) is 23.5. The first-order chi connectivity index (χ1) is 16.0. The van der Waals surface area contributed by atoms with Crippen LogP contribution in [0.25, 0.3) is 11.1 Å². The molecule has 0 spiro atoms. The summed E-state index contributed by atoms with van der Waals surface area (Å²) in [6.07, 6.45) is 0.670. The zero-order valence-corrected chi connectivity index (χ0v) is 18.2. The Morgan fingerprint density at radius 2 is 1.58 bits per heavy atom. The Kier molecular flexibility index (Phi) is 6.93. The van der Waals surface area contributed by atoms with Gasteiger partial charge in [-0.05, 0) is 35.1 Å². The molecule has 0 aliphatic heterocycles. The highest BCUT2D eigenvalue weighted by atomic mass is 16.5. The van der Waals surface area contributed by atoms with Gasteiger partial charge in [0.1, 0.15) is 6.61 Å². The van der Waals surface area contributed by atoms with Gasteiger partial charge in [0.15, 0.2) is 6.10 Å². The minimum Gasteiger partial charge on any atom is -0.479 e. The zero-order valence-electron chi connectivity index (χ0n) is 18.2. The number of benzene rings is 2. The first-order valence-electron chi connectivity index (χ1n) is 11.3. The van der Waals surface area contributed by atoms with E-state index in [1.54, 1.807) is 0 Å². The summed E-state index contributed by atoms with van der Waals surface area (Å²) in [6, 6.07) is 15.8. The fourth-order valence-electron chi connectivity index (χ4n) is 4.82. The highest BCUT2D eigenvalue weighted by molar-refractivity contribution is 5.82. The molecule has 1 unspecified atom stereocenters. The van der Waals surface area contributed by atoms with E-state index in [0.717, 1.165) is 35.1 Å². The summed E-state index contributed by atoms with van der Waals surface area (Å²) in [4.78, 5) is 35.9. The molecule has 4 rings (SSSR count). The molecule has 0 heterocycles. The van der Waals surface area contributed by atoms with E-state index in [-0.39, 0.29) is 25.0 Å². The molecular weight excluding hydrogens is 424 g/mol. The van der Waals surface area contributed by atoms with Crippen LogP contribution in [-0.4, -0.2) is 53.5 Å². The first-order valence-corrected chi connectivity index (χ1v) is 11.3. The number of hydrogen-bond acceptors (Lipinski definition) is 5. The number of ether oxygens (including phenoxy) is 1. The molecule has 33 heavy (non-hydrogen) atoms. The standard InChI is InChI=1S/C25H28N2O6/c28-22(24(30)31)13-26-23(29)19-11-5-6-12-21(19)27-25(32)33-14-20-17-9-3-1-7-15(17)16-8-2-4-10-18(16)20/h1-4,7-10,19-22,28H,5-6,11-14H2,(H,26,29)(H,27,32)(H,30,31)/t19-,21+,22?/m0/s1. The molecule has 1 fully saturated rings. The summed E-state index contributed by atoms with van der Waals surface area (Å²) in [5.74, 6) is -2.32. The third-order valence-electron chi connectivity index (χ3n) is 6.50. The summed E-state index contributed by atoms with van der Waals surface area (Å²) < 4.78 is 5.60. The van der Waals surface area contributed by atoms with Gasteiger partial charge in [0.05, 0.1) is 12.5 Å². The predicted molar refractivity (Wildman–Crippen MR) is 121 cm³/mol. The van der Waals surface area contributed by atoms with Crippen molar-refractivity contribution in [3.63, 3.8) is 0 Å². The normalized spacial score (nSPS) is 20.3. The second-order valence-corrected chi connectivity index (χ2v) is 8.57. The maximum Gasteiger partial charge on any atom is 0.407 e. The number of alkyl carbamates (subject to hydrolysis) is 1. The molecular formula is C25H28N2O6. The van der Waals surface area contributed by atoms with Crippen molar-refractivity contribution < 1.29 is 29.3 Å². The number of carbonyl (C=O) groups excluding carboxylic acids is 2. The number of carboxylic acids is 1. The maximum atomic E-state index is 12.6. The van der Waals surface area contributed by atoms with Gasteiger partial charge in [-0.15, -0.1) is 0 Å². The van der Waals surface area contributed by atoms with E-state index >= 15 is 0 Å². The minimum atomic E-state index is -1.66. The lowest BCUT2D eigenvalue weighted by molar-refractivity contribution is -0.146. The minimum absolute atomic E-state index is 0.0499. The SMILES string of the molecule is O=C(N[C@@H]1CCCC[C@@H]1C(=O)NCC(O)C(=O)O)OCC1c2ccccc2-c2ccccc21. The molecule has 4 N–H and O–H groups in total. The van der Waals surface area contributed by atoms with Crippen LogP contribution in [0.1, 0.15) is 42.7 Å². The number of amides is 2. The molecule has 3 atom stereocenters. The number of carboxylic acid groups (broad SMARTS) is 1. The van der Waals surface area contributed by atoms with Gasteiger partial charge in [-0.3, -0.25) is 4.79 Å². The van der Waals surface area contributed by atoms with Gasteiger partial charge in [-0.25, -0.2) is 9.59 Å². The van der Waals surface area contributed by atoms with Gasteiger partial charge < -0.3 is 25.6 Å². The number of hydrogen-bond donors (Lipinski definition) is 4. The van der Waals surface area contributed by atoms with Gasteiger partial charge in [0.2, 0.25) is 5.91 Å². The first kappa shape index (κ1) is 22.8. The molecule has 0 bridgehead atoms. The second kappa shape index (κ2) is 10.0. The molecule has 1 saturated carbocycles. The number of aliphatic hydroxyl groups is 1. The fraction of sp³-hybridized carbons (Fsp3) is 0.400. The monoisotopic (exact) mass is 452 g/mol. The highest BCUT2D eigenvalue weighted by Gasteiger charge is 2.34. The molecule has 2 amide bonds. The van der Waals surface area contributed by atoms with Crippen LogP contribution in [0.15, 0.2) is 48.5 Å². The highest BCUT2D eigenvalue weighted by Crippen LogP contribution is 2.44. The van der Waals surface area contributed by atoms with Crippen LogP contribution in [0.3, 0.4) is 0 Å². The Balaban J connectivity index is 1.36. The maximum absolute atomic E-state index is 12.6. The van der Waals surface area contributed by atoms with Crippen LogP contribution in [-0.2, 0) is 14.3 Å². The summed E-state index contributed by atoms with van der Waals surface area (Å²) >= 11 is 0. The second-order valence-electron chi connectivity index (χ2n) is 8.57. The molecule has 174 valence electrons. The van der Waals surface area contributed by atoms with Crippen molar-refractivity contribution >= 4 is 18.0 Å². The van der Waals surface area contributed by atoms with Crippen molar-refractivity contribution in [3.05, 3.63) is 59.7 Å². The van der Waals surface area contributed by atoms with Gasteiger partial charge in [0.25, 0.3) is 0 Å². The Bertz CT molecular complexity index is 994. The average molecular weight is 453 g/mol. The fourth-order valence-corrected chi connectivity index (χ4v) is 4.82. The van der Waals surface area contributed by atoms with Crippen LogP contribution < -0.4 is 10.6 Å². The molecule has 2 aromatic carbocycles. The average Bonchev–Trinajstić information content (AvgIpc) is 3.15. The Hall–Kier alpha value is -3.39. The number of aliphatic carboxylic acids is 1. The third-order valence-corrected chi connectivity index (χ3v) is 6.50. The van der Waals surface area contributed by atoms with Gasteiger partial charge >= 0.3 is 12.1 Å². The van der Waals surface area contributed by atoms with E-state index in [2.05, 4.69) is 22.8 Å². The molecule has 0 radical (unpaired) electrons. The molecule has 0 saturated heterocycles. The quantitative estimate of drug-likeness (QED) is 0.512. The Morgan fingerprint density at radius 3 is 2.21 bits per heavy atom. The van der Waals surface area contributed by atoms with Crippen molar-refractivity contribution in [1.82, 2.24) is 10.6 Å². The van der Waals surface area contributed by atoms with Crippen LogP contribution >= 0.6 is 0 Å². The molecule has 0 aromatic heterocycles. The van der Waals surface area contributed by atoms with Crippen LogP contribution in [0.2, 0.25) is 0 Å². The van der Waals surface area contributed by atoms with Crippen molar-refractivity contribution in [2.24, 2.45) is 5.92 Å². The van der Waals surface area contributed by atoms with E-state index in [1.165, 1.54) is 0 Å². The van der Waals surface area contributed by atoms with Crippen molar-refractivity contribution in [2.75, 3.05) is 13.2 Å². The van der Waals surface area contributed by atoms with Crippen LogP contribution in [0.5, 0.6) is 0 Å². The molecule has 8 nitrogen and oxygen atoms in total. The summed E-state index contributed by atoms with van der Waals surface area (Å²) in [5.41, 5.74) is 4.54. The van der Waals surface area contributed by atoms with Crippen molar-refractivity contribution in [2.45, 2.75) is 43.7 Å². The van der Waals surface area contributed by atoms with E-state index in [4.69, 9.17) is 9.84 Å². The third kappa shape index (κ3) is 5.01. The zero-order chi connectivity index (χ0) is 23.4. The molecule has 8 heteroatoms. The van der Waals surface area contributed by atoms with E-state index in [1.807, 2.05) is 36.4 Å². The van der Waals surface area contributed by atoms with E-state index in [9.17, 15) is 19.5 Å². The predicted octanol–water partition coefficient (Wildman–Crippen LogP) is 2.65. The molecule has 2 aliphatic carbocycles. The van der Waals surface area contributed by atoms with Crippen LogP contribution in [0.4, 0.5) is 4.79 Å². The summed E-state index contributed by atoms with van der Waals surface area (Å²) in [7, 11) is 0. The van der Waals surface area contributed by atoms with Gasteiger partial charge in [0, 0.05) is 12.0 Å².